The van der Waals surface area contributed by atoms with Gasteiger partial charge in [-0.3, -0.25) is 14.5 Å². The average Bonchev–Trinajstić information content (AvgIpc) is 2.95. The minimum absolute atomic E-state index is 0.0390. The van der Waals surface area contributed by atoms with Gasteiger partial charge in [0.25, 0.3) is 0 Å². The molecular formula is C18H24N2O2. The molecule has 1 fully saturated rings. The molecule has 0 radical (unpaired) electrons. The van der Waals surface area contributed by atoms with Gasteiger partial charge in [-0.2, -0.15) is 0 Å². The molecular weight excluding hydrogens is 276 g/mol. The lowest BCUT2D eigenvalue weighted by Crippen LogP contribution is -2.50. The number of nitrogens with zero attached hydrogens (tertiary/aromatic N) is 1. The molecule has 2 aliphatic rings. The maximum Gasteiger partial charge on any atom is 0.243 e. The summed E-state index contributed by atoms with van der Waals surface area (Å²) < 4.78 is 0. The SMILES string of the molecule is CCNC(=O)C1Cc2ccccc2N1C(=O)C1CCCCC1. The minimum atomic E-state index is -0.383. The Kier molecular flexibility index (Phi) is 4.46. The Morgan fingerprint density at radius 1 is 1.18 bits per heavy atom. The van der Waals surface area contributed by atoms with Crippen molar-refractivity contribution >= 4 is 17.5 Å². The van der Waals surface area contributed by atoms with Gasteiger partial charge >= 0.3 is 0 Å². The number of carbonyl (C=O) groups excluding carboxylic acids is 2. The van der Waals surface area contributed by atoms with Crippen molar-refractivity contribution in [3.8, 4) is 0 Å². The molecule has 2 amide bonds. The van der Waals surface area contributed by atoms with E-state index < -0.39 is 0 Å². The molecule has 1 unspecified atom stereocenters. The van der Waals surface area contributed by atoms with Gasteiger partial charge in [-0.25, -0.2) is 0 Å². The minimum Gasteiger partial charge on any atom is -0.355 e. The number of amides is 2. The summed E-state index contributed by atoms with van der Waals surface area (Å²) in [5.41, 5.74) is 2.03. The monoisotopic (exact) mass is 300 g/mol. The first-order valence-corrected chi connectivity index (χ1v) is 8.41. The number of anilines is 1. The van der Waals surface area contributed by atoms with E-state index in [0.29, 0.717) is 13.0 Å². The van der Waals surface area contributed by atoms with Crippen LogP contribution in [-0.2, 0) is 16.0 Å². The number of likely N-dealkylation sites (N-methyl/N-ethyl adjacent to an activating group) is 1. The zero-order valence-corrected chi connectivity index (χ0v) is 13.2. The lowest BCUT2D eigenvalue weighted by molar-refractivity contribution is -0.128. The van der Waals surface area contributed by atoms with E-state index in [1.165, 1.54) is 6.42 Å². The van der Waals surface area contributed by atoms with E-state index in [1.54, 1.807) is 4.90 Å². The van der Waals surface area contributed by atoms with Crippen molar-refractivity contribution in [1.29, 1.82) is 0 Å². The predicted octanol–water partition coefficient (Wildman–Crippen LogP) is 2.66. The summed E-state index contributed by atoms with van der Waals surface area (Å²) in [6.45, 7) is 2.50. The fourth-order valence-corrected chi connectivity index (χ4v) is 3.71. The van der Waals surface area contributed by atoms with Crippen LogP contribution in [0.5, 0.6) is 0 Å². The predicted molar refractivity (Wildman–Crippen MR) is 86.7 cm³/mol. The molecule has 1 aromatic rings. The van der Waals surface area contributed by atoms with E-state index in [-0.39, 0.29) is 23.8 Å². The molecule has 0 aromatic heterocycles. The molecule has 0 spiro atoms. The molecule has 4 heteroatoms. The fourth-order valence-electron chi connectivity index (χ4n) is 3.71. The second-order valence-corrected chi connectivity index (χ2v) is 6.29. The molecule has 118 valence electrons. The van der Waals surface area contributed by atoms with Crippen molar-refractivity contribution in [3.63, 3.8) is 0 Å². The van der Waals surface area contributed by atoms with Crippen LogP contribution in [-0.4, -0.2) is 24.4 Å². The Labute approximate surface area is 131 Å². The Morgan fingerprint density at radius 2 is 1.91 bits per heavy atom. The normalized spacial score (nSPS) is 21.5. The number of hydrogen-bond donors (Lipinski definition) is 1. The Hall–Kier alpha value is -1.84. The number of carbonyl (C=O) groups is 2. The van der Waals surface area contributed by atoms with E-state index in [1.807, 2.05) is 31.2 Å². The Morgan fingerprint density at radius 3 is 2.64 bits per heavy atom. The first-order valence-electron chi connectivity index (χ1n) is 8.41. The van der Waals surface area contributed by atoms with Crippen LogP contribution in [0.2, 0.25) is 0 Å². The molecule has 1 atom stereocenters. The summed E-state index contributed by atoms with van der Waals surface area (Å²) in [5.74, 6) is 0.181. The molecule has 22 heavy (non-hydrogen) atoms. The maximum absolute atomic E-state index is 13.0. The highest BCUT2D eigenvalue weighted by molar-refractivity contribution is 6.04. The van der Waals surface area contributed by atoms with E-state index in [9.17, 15) is 9.59 Å². The molecule has 3 rings (SSSR count). The standard InChI is InChI=1S/C18H24N2O2/c1-2-19-17(21)16-12-14-10-6-7-11-15(14)20(16)18(22)13-8-4-3-5-9-13/h6-7,10-11,13,16H,2-5,8-9,12H2,1H3,(H,19,21). The van der Waals surface area contributed by atoms with Gasteiger partial charge in [0.2, 0.25) is 11.8 Å². The van der Waals surface area contributed by atoms with Gasteiger partial charge < -0.3 is 5.32 Å². The van der Waals surface area contributed by atoms with Crippen molar-refractivity contribution in [2.45, 2.75) is 51.5 Å². The van der Waals surface area contributed by atoms with Gasteiger partial charge in [0.1, 0.15) is 6.04 Å². The molecule has 0 saturated heterocycles. The zero-order valence-electron chi connectivity index (χ0n) is 13.2. The van der Waals surface area contributed by atoms with Crippen molar-refractivity contribution in [2.75, 3.05) is 11.4 Å². The molecule has 1 aliphatic heterocycles. The number of para-hydroxylation sites is 1. The lowest BCUT2D eigenvalue weighted by atomic mass is 9.88. The van der Waals surface area contributed by atoms with Gasteiger partial charge in [-0.05, 0) is 31.4 Å². The lowest BCUT2D eigenvalue weighted by Gasteiger charge is -2.30. The summed E-state index contributed by atoms with van der Waals surface area (Å²) in [6.07, 6.45) is 6.01. The van der Waals surface area contributed by atoms with Crippen molar-refractivity contribution < 1.29 is 9.59 Å². The van der Waals surface area contributed by atoms with Gasteiger partial charge in [0.05, 0.1) is 0 Å². The van der Waals surface area contributed by atoms with Crippen LogP contribution in [0, 0.1) is 5.92 Å². The van der Waals surface area contributed by atoms with Gasteiger partial charge in [-0.1, -0.05) is 37.5 Å². The third kappa shape index (κ3) is 2.74. The quantitative estimate of drug-likeness (QED) is 0.933. The van der Waals surface area contributed by atoms with E-state index in [4.69, 9.17) is 0 Å². The number of benzene rings is 1. The van der Waals surface area contributed by atoms with Crippen molar-refractivity contribution in [3.05, 3.63) is 29.8 Å². The molecule has 1 aliphatic carbocycles. The van der Waals surface area contributed by atoms with Crippen molar-refractivity contribution in [2.24, 2.45) is 5.92 Å². The molecule has 1 N–H and O–H groups in total. The highest BCUT2D eigenvalue weighted by Crippen LogP contribution is 2.36. The summed E-state index contributed by atoms with van der Waals surface area (Å²) in [7, 11) is 0. The Bertz CT molecular complexity index is 564. The Balaban J connectivity index is 1.88. The summed E-state index contributed by atoms with van der Waals surface area (Å²) in [4.78, 5) is 27.2. The molecule has 1 heterocycles. The molecule has 1 saturated carbocycles. The van der Waals surface area contributed by atoms with E-state index in [2.05, 4.69) is 5.32 Å². The first kappa shape index (κ1) is 15.1. The number of fused-ring (bicyclic) bond motifs is 1. The van der Waals surface area contributed by atoms with Crippen LogP contribution >= 0.6 is 0 Å². The average molecular weight is 300 g/mol. The smallest absolute Gasteiger partial charge is 0.243 e. The largest absolute Gasteiger partial charge is 0.355 e. The van der Waals surface area contributed by atoms with Gasteiger partial charge in [-0.15, -0.1) is 0 Å². The maximum atomic E-state index is 13.0. The first-order chi connectivity index (χ1) is 10.7. The summed E-state index contributed by atoms with van der Waals surface area (Å²) in [5, 5.41) is 2.88. The second kappa shape index (κ2) is 6.51. The van der Waals surface area contributed by atoms with Crippen LogP contribution in [0.15, 0.2) is 24.3 Å². The molecule has 1 aromatic carbocycles. The zero-order chi connectivity index (χ0) is 15.5. The van der Waals surface area contributed by atoms with Gasteiger partial charge in [0.15, 0.2) is 0 Å². The molecule has 4 nitrogen and oxygen atoms in total. The molecule has 0 bridgehead atoms. The highest BCUT2D eigenvalue weighted by Gasteiger charge is 2.40. The fraction of sp³-hybridized carbons (Fsp3) is 0.556. The number of hydrogen-bond acceptors (Lipinski definition) is 2. The van der Waals surface area contributed by atoms with Crippen LogP contribution in [0.3, 0.4) is 0 Å². The van der Waals surface area contributed by atoms with Crippen LogP contribution in [0.4, 0.5) is 5.69 Å². The van der Waals surface area contributed by atoms with E-state index >= 15 is 0 Å². The third-order valence-corrected chi connectivity index (χ3v) is 4.82. The van der Waals surface area contributed by atoms with Crippen LogP contribution in [0.25, 0.3) is 0 Å². The van der Waals surface area contributed by atoms with Crippen LogP contribution in [0.1, 0.15) is 44.6 Å². The highest BCUT2D eigenvalue weighted by atomic mass is 16.2. The second-order valence-electron chi connectivity index (χ2n) is 6.29. The summed E-state index contributed by atoms with van der Waals surface area (Å²) in [6, 6.07) is 7.53. The van der Waals surface area contributed by atoms with Gasteiger partial charge in [0, 0.05) is 24.6 Å². The van der Waals surface area contributed by atoms with E-state index in [0.717, 1.165) is 36.9 Å². The third-order valence-electron chi connectivity index (χ3n) is 4.82. The van der Waals surface area contributed by atoms with Crippen LogP contribution < -0.4 is 10.2 Å². The topological polar surface area (TPSA) is 49.4 Å². The van der Waals surface area contributed by atoms with Crippen molar-refractivity contribution in [1.82, 2.24) is 5.32 Å². The number of nitrogens with one attached hydrogen (secondary N) is 1. The summed E-state index contributed by atoms with van der Waals surface area (Å²) >= 11 is 0. The number of rotatable bonds is 3.